The lowest BCUT2D eigenvalue weighted by Gasteiger charge is -2.16. The van der Waals surface area contributed by atoms with Gasteiger partial charge in [0.15, 0.2) is 11.6 Å². The predicted molar refractivity (Wildman–Crippen MR) is 69.2 cm³/mol. The van der Waals surface area contributed by atoms with Gasteiger partial charge in [0.25, 0.3) is 5.91 Å². The zero-order valence-electron chi connectivity index (χ0n) is 11.1. The normalized spacial score (nSPS) is 15.5. The van der Waals surface area contributed by atoms with Crippen molar-refractivity contribution in [3.8, 4) is 5.75 Å². The summed E-state index contributed by atoms with van der Waals surface area (Å²) in [5.41, 5.74) is 0.152. The highest BCUT2D eigenvalue weighted by Crippen LogP contribution is 2.34. The van der Waals surface area contributed by atoms with E-state index in [-0.39, 0.29) is 23.7 Å². The number of hydrogen-bond acceptors (Lipinski definition) is 3. The van der Waals surface area contributed by atoms with Gasteiger partial charge in [0, 0.05) is 11.6 Å². The van der Waals surface area contributed by atoms with E-state index in [2.05, 4.69) is 5.32 Å². The highest BCUT2D eigenvalue weighted by atomic mass is 19.1. The lowest BCUT2D eigenvalue weighted by molar-refractivity contribution is -0.137. The first-order valence-electron chi connectivity index (χ1n) is 6.37. The van der Waals surface area contributed by atoms with Crippen molar-refractivity contribution in [2.24, 2.45) is 5.92 Å². The number of ether oxygens (including phenoxy) is 1. The highest BCUT2D eigenvalue weighted by molar-refractivity contribution is 5.94. The Hall–Kier alpha value is -2.11. The van der Waals surface area contributed by atoms with E-state index in [1.807, 2.05) is 0 Å². The Kier molecular flexibility index (Phi) is 4.22. The Morgan fingerprint density at radius 1 is 1.50 bits per heavy atom. The Labute approximate surface area is 115 Å². The number of carbonyl (C=O) groups excluding carboxylic acids is 1. The average molecular weight is 281 g/mol. The number of carbonyl (C=O) groups is 2. The molecule has 1 aliphatic rings. The number of halogens is 1. The second-order valence-corrected chi connectivity index (χ2v) is 4.86. The van der Waals surface area contributed by atoms with Gasteiger partial charge in [-0.3, -0.25) is 9.59 Å². The van der Waals surface area contributed by atoms with Crippen LogP contribution < -0.4 is 10.1 Å². The summed E-state index contributed by atoms with van der Waals surface area (Å²) in [5.74, 6) is -1.78. The highest BCUT2D eigenvalue weighted by Gasteiger charge is 2.33. The van der Waals surface area contributed by atoms with E-state index in [9.17, 15) is 14.0 Å². The van der Waals surface area contributed by atoms with Gasteiger partial charge >= 0.3 is 5.97 Å². The van der Waals surface area contributed by atoms with Crippen LogP contribution >= 0.6 is 0 Å². The third-order valence-corrected chi connectivity index (χ3v) is 3.32. The molecule has 0 aliphatic heterocycles. The van der Waals surface area contributed by atoms with Gasteiger partial charge in [0.1, 0.15) is 0 Å². The van der Waals surface area contributed by atoms with E-state index in [4.69, 9.17) is 9.84 Å². The Balaban J connectivity index is 2.06. The number of nitrogens with one attached hydrogen (secondary N) is 1. The van der Waals surface area contributed by atoms with Crippen molar-refractivity contribution in [1.29, 1.82) is 0 Å². The van der Waals surface area contributed by atoms with Crippen LogP contribution in [0.5, 0.6) is 5.75 Å². The number of benzene rings is 1. The average Bonchev–Trinajstić information content (AvgIpc) is 3.21. The second kappa shape index (κ2) is 5.90. The molecule has 2 rings (SSSR count). The summed E-state index contributed by atoms with van der Waals surface area (Å²) in [6, 6.07) is 3.50. The minimum absolute atomic E-state index is 0.0610. The fourth-order valence-electron chi connectivity index (χ4n) is 2.08. The molecule has 20 heavy (non-hydrogen) atoms. The van der Waals surface area contributed by atoms with Crippen molar-refractivity contribution in [3.05, 3.63) is 29.6 Å². The molecule has 0 radical (unpaired) electrons. The van der Waals surface area contributed by atoms with Gasteiger partial charge in [-0.15, -0.1) is 0 Å². The maximum Gasteiger partial charge on any atom is 0.305 e. The van der Waals surface area contributed by atoms with Crippen LogP contribution in [0.3, 0.4) is 0 Å². The van der Waals surface area contributed by atoms with Crippen molar-refractivity contribution >= 4 is 11.9 Å². The summed E-state index contributed by atoms with van der Waals surface area (Å²) in [7, 11) is 1.34. The van der Waals surface area contributed by atoms with Crippen LogP contribution in [0.25, 0.3) is 0 Å². The monoisotopic (exact) mass is 281 g/mol. The zero-order chi connectivity index (χ0) is 14.7. The molecule has 0 heterocycles. The van der Waals surface area contributed by atoms with Crippen molar-refractivity contribution in [1.82, 2.24) is 5.32 Å². The van der Waals surface area contributed by atoms with Crippen molar-refractivity contribution < 1.29 is 23.8 Å². The fourth-order valence-corrected chi connectivity index (χ4v) is 2.08. The molecule has 1 fully saturated rings. The van der Waals surface area contributed by atoms with Gasteiger partial charge in [-0.05, 0) is 37.0 Å². The third kappa shape index (κ3) is 3.46. The van der Waals surface area contributed by atoms with Crippen LogP contribution in [0.4, 0.5) is 4.39 Å². The third-order valence-electron chi connectivity index (χ3n) is 3.32. The number of amides is 1. The number of hydrogen-bond donors (Lipinski definition) is 2. The van der Waals surface area contributed by atoms with Crippen LogP contribution in [0.1, 0.15) is 29.6 Å². The van der Waals surface area contributed by atoms with Crippen LogP contribution in [0.15, 0.2) is 18.2 Å². The molecule has 108 valence electrons. The number of rotatable bonds is 6. The van der Waals surface area contributed by atoms with E-state index in [0.717, 1.165) is 18.9 Å². The van der Waals surface area contributed by atoms with Crippen LogP contribution in [-0.2, 0) is 4.79 Å². The minimum Gasteiger partial charge on any atom is -0.494 e. The first kappa shape index (κ1) is 14.3. The lowest BCUT2D eigenvalue weighted by Crippen LogP contribution is -2.38. The van der Waals surface area contributed by atoms with Crippen molar-refractivity contribution in [2.75, 3.05) is 7.11 Å². The van der Waals surface area contributed by atoms with Gasteiger partial charge in [-0.2, -0.15) is 0 Å². The first-order chi connectivity index (χ1) is 9.51. The molecule has 6 heteroatoms. The summed E-state index contributed by atoms with van der Waals surface area (Å²) >= 11 is 0. The molecule has 1 unspecified atom stereocenters. The van der Waals surface area contributed by atoms with Gasteiger partial charge < -0.3 is 15.2 Å². The Morgan fingerprint density at radius 3 is 2.70 bits per heavy atom. The maximum absolute atomic E-state index is 13.5. The number of methoxy groups -OCH3 is 1. The van der Waals surface area contributed by atoms with Crippen molar-refractivity contribution in [3.63, 3.8) is 0 Å². The second-order valence-electron chi connectivity index (χ2n) is 4.86. The predicted octanol–water partition coefficient (Wildman–Crippen LogP) is 1.82. The molecular formula is C14H16FNO4. The van der Waals surface area contributed by atoms with Crippen molar-refractivity contribution in [2.45, 2.75) is 25.3 Å². The molecular weight excluding hydrogens is 265 g/mol. The molecule has 0 aromatic heterocycles. The molecule has 1 amide bonds. The molecule has 5 nitrogen and oxygen atoms in total. The molecule has 1 atom stereocenters. The molecule has 1 saturated carbocycles. The van der Waals surface area contributed by atoms with Crippen LogP contribution in [-0.4, -0.2) is 30.1 Å². The quantitative estimate of drug-likeness (QED) is 0.834. The van der Waals surface area contributed by atoms with E-state index in [1.54, 1.807) is 0 Å². The smallest absolute Gasteiger partial charge is 0.305 e. The van der Waals surface area contributed by atoms with Gasteiger partial charge in [-0.1, -0.05) is 0 Å². The summed E-state index contributed by atoms with van der Waals surface area (Å²) in [4.78, 5) is 22.8. The summed E-state index contributed by atoms with van der Waals surface area (Å²) in [6.07, 6.45) is 1.71. The fraction of sp³-hybridized carbons (Fsp3) is 0.429. The minimum atomic E-state index is -0.955. The van der Waals surface area contributed by atoms with Gasteiger partial charge in [0.05, 0.1) is 13.5 Å². The molecule has 2 N–H and O–H groups in total. The molecule has 1 aromatic rings. The molecule has 1 aromatic carbocycles. The number of carboxylic acid groups (broad SMARTS) is 1. The van der Waals surface area contributed by atoms with E-state index >= 15 is 0 Å². The SMILES string of the molecule is COc1ccc(C(=O)NC(CC(=O)O)C2CC2)cc1F. The summed E-state index contributed by atoms with van der Waals surface area (Å²) in [6.45, 7) is 0. The standard InChI is InChI=1S/C14H16FNO4/c1-20-12-5-4-9(6-10(12)15)14(19)16-11(7-13(17)18)8-2-3-8/h4-6,8,11H,2-3,7H2,1H3,(H,16,19)(H,17,18). The van der Waals surface area contributed by atoms with E-state index in [1.165, 1.54) is 19.2 Å². The zero-order valence-corrected chi connectivity index (χ0v) is 11.1. The largest absolute Gasteiger partial charge is 0.494 e. The van der Waals surface area contributed by atoms with E-state index in [0.29, 0.717) is 0 Å². The number of carboxylic acids is 1. The molecule has 0 saturated heterocycles. The topological polar surface area (TPSA) is 75.6 Å². The molecule has 0 bridgehead atoms. The number of aliphatic carboxylic acids is 1. The summed E-state index contributed by atoms with van der Waals surface area (Å²) in [5, 5.41) is 11.5. The van der Waals surface area contributed by atoms with Crippen LogP contribution in [0, 0.1) is 11.7 Å². The molecule has 1 aliphatic carbocycles. The Bertz CT molecular complexity index is 528. The Morgan fingerprint density at radius 2 is 2.20 bits per heavy atom. The van der Waals surface area contributed by atoms with Gasteiger partial charge in [-0.25, -0.2) is 4.39 Å². The molecule has 0 spiro atoms. The first-order valence-corrected chi connectivity index (χ1v) is 6.37. The van der Waals surface area contributed by atoms with Gasteiger partial charge in [0.2, 0.25) is 0 Å². The maximum atomic E-state index is 13.5. The lowest BCUT2D eigenvalue weighted by atomic mass is 10.1. The summed E-state index contributed by atoms with van der Waals surface area (Å²) < 4.78 is 18.3. The van der Waals surface area contributed by atoms with Crippen LogP contribution in [0.2, 0.25) is 0 Å². The van der Waals surface area contributed by atoms with E-state index < -0.39 is 23.7 Å².